The molecule has 90 valence electrons. The van der Waals surface area contributed by atoms with Gasteiger partial charge in [0.15, 0.2) is 0 Å². The molecule has 0 amide bonds. The van der Waals surface area contributed by atoms with Gasteiger partial charge in [-0.05, 0) is 58.2 Å². The Labute approximate surface area is 103 Å². The minimum Gasteiger partial charge on any atom is -0.310 e. The Morgan fingerprint density at radius 1 is 1.50 bits per heavy atom. The molecule has 0 aliphatic carbocycles. The highest BCUT2D eigenvalue weighted by Gasteiger charge is 2.04. The smallest absolute Gasteiger partial charge is 0.129 e. The lowest BCUT2D eigenvalue weighted by molar-refractivity contribution is 0.389. The quantitative estimate of drug-likeness (QED) is 0.612. The van der Waals surface area contributed by atoms with Crippen LogP contribution < -0.4 is 5.32 Å². The van der Waals surface area contributed by atoms with E-state index in [1.165, 1.54) is 5.56 Å². The van der Waals surface area contributed by atoms with Crippen LogP contribution in [0.4, 0.5) is 0 Å². The first-order valence-electron chi connectivity index (χ1n) is 5.59. The minimum atomic E-state index is 0.322. The molecule has 0 aliphatic rings. The molecule has 0 radical (unpaired) electrons. The first-order valence-corrected chi connectivity index (χ1v) is 5.97. The largest absolute Gasteiger partial charge is 0.310 e. The van der Waals surface area contributed by atoms with E-state index in [1.54, 1.807) is 6.20 Å². The van der Waals surface area contributed by atoms with Crippen LogP contribution in [0.3, 0.4) is 0 Å². The van der Waals surface area contributed by atoms with Crippen molar-refractivity contribution >= 4 is 11.6 Å². The summed E-state index contributed by atoms with van der Waals surface area (Å²) in [6.07, 6.45) is 2.89. The van der Waals surface area contributed by atoms with Crippen LogP contribution in [0.5, 0.6) is 0 Å². The third kappa shape index (κ3) is 4.92. The van der Waals surface area contributed by atoms with Crippen LogP contribution in [0.1, 0.15) is 24.9 Å². The third-order valence-electron chi connectivity index (χ3n) is 2.48. The standard InChI is InChI=1S/C12H20ClN3/c1-10(14-6-4-8-16(2)3)11-5-7-15-12(13)9-11/h5,7,9-10,14H,4,6,8H2,1-3H3. The maximum atomic E-state index is 5.85. The topological polar surface area (TPSA) is 28.2 Å². The summed E-state index contributed by atoms with van der Waals surface area (Å²) in [5.41, 5.74) is 1.19. The predicted octanol–water partition coefficient (Wildman–Crippen LogP) is 2.34. The highest BCUT2D eigenvalue weighted by molar-refractivity contribution is 6.29. The minimum absolute atomic E-state index is 0.322. The second-order valence-corrected chi connectivity index (χ2v) is 4.63. The molecule has 0 fully saturated rings. The monoisotopic (exact) mass is 241 g/mol. The molecular formula is C12H20ClN3. The zero-order chi connectivity index (χ0) is 12.0. The van der Waals surface area contributed by atoms with E-state index in [-0.39, 0.29) is 0 Å². The molecule has 0 aromatic carbocycles. The molecule has 1 N–H and O–H groups in total. The summed E-state index contributed by atoms with van der Waals surface area (Å²) in [6, 6.07) is 4.23. The van der Waals surface area contributed by atoms with Gasteiger partial charge < -0.3 is 10.2 Å². The first kappa shape index (κ1) is 13.4. The Kier molecular flexibility index (Phi) is 5.74. The summed E-state index contributed by atoms with van der Waals surface area (Å²) in [7, 11) is 4.18. The van der Waals surface area contributed by atoms with Crippen molar-refractivity contribution in [3.8, 4) is 0 Å². The van der Waals surface area contributed by atoms with E-state index < -0.39 is 0 Å². The van der Waals surface area contributed by atoms with Gasteiger partial charge in [0.05, 0.1) is 0 Å². The van der Waals surface area contributed by atoms with Crippen LogP contribution in [0, 0.1) is 0 Å². The van der Waals surface area contributed by atoms with Crippen molar-refractivity contribution in [1.29, 1.82) is 0 Å². The second-order valence-electron chi connectivity index (χ2n) is 4.24. The van der Waals surface area contributed by atoms with Gasteiger partial charge in [-0.25, -0.2) is 4.98 Å². The maximum absolute atomic E-state index is 5.85. The van der Waals surface area contributed by atoms with Gasteiger partial charge in [-0.1, -0.05) is 11.6 Å². The highest BCUT2D eigenvalue weighted by Crippen LogP contribution is 2.14. The molecule has 3 nitrogen and oxygen atoms in total. The number of hydrogen-bond donors (Lipinski definition) is 1. The SMILES string of the molecule is CC(NCCCN(C)C)c1ccnc(Cl)c1. The summed E-state index contributed by atoms with van der Waals surface area (Å²) in [4.78, 5) is 6.16. The van der Waals surface area contributed by atoms with Gasteiger partial charge >= 0.3 is 0 Å². The van der Waals surface area contributed by atoms with E-state index >= 15 is 0 Å². The molecule has 4 heteroatoms. The molecular weight excluding hydrogens is 222 g/mol. The average molecular weight is 242 g/mol. The van der Waals surface area contributed by atoms with E-state index in [1.807, 2.05) is 12.1 Å². The van der Waals surface area contributed by atoms with E-state index in [0.717, 1.165) is 19.5 Å². The summed E-state index contributed by atoms with van der Waals surface area (Å²) >= 11 is 5.85. The fourth-order valence-electron chi connectivity index (χ4n) is 1.52. The molecule has 1 aromatic heterocycles. The van der Waals surface area contributed by atoms with Crippen LogP contribution in [-0.2, 0) is 0 Å². The number of pyridine rings is 1. The van der Waals surface area contributed by atoms with Gasteiger partial charge in [-0.2, -0.15) is 0 Å². The van der Waals surface area contributed by atoms with Crippen LogP contribution in [0.2, 0.25) is 5.15 Å². The van der Waals surface area contributed by atoms with Crippen molar-refractivity contribution in [2.24, 2.45) is 0 Å². The van der Waals surface area contributed by atoms with Gasteiger partial charge in [0.2, 0.25) is 0 Å². The zero-order valence-electron chi connectivity index (χ0n) is 10.2. The number of rotatable bonds is 6. The summed E-state index contributed by atoms with van der Waals surface area (Å²) < 4.78 is 0. The second kappa shape index (κ2) is 6.84. The molecule has 0 saturated carbocycles. The normalized spacial score (nSPS) is 13.1. The molecule has 16 heavy (non-hydrogen) atoms. The molecule has 0 saturated heterocycles. The van der Waals surface area contributed by atoms with Crippen LogP contribution in [-0.4, -0.2) is 37.1 Å². The molecule has 0 spiro atoms. The Bertz CT molecular complexity index is 315. The van der Waals surface area contributed by atoms with Crippen LogP contribution in [0.25, 0.3) is 0 Å². The zero-order valence-corrected chi connectivity index (χ0v) is 11.0. The van der Waals surface area contributed by atoms with Crippen LogP contribution in [0.15, 0.2) is 18.3 Å². The van der Waals surface area contributed by atoms with E-state index in [0.29, 0.717) is 11.2 Å². The highest BCUT2D eigenvalue weighted by atomic mass is 35.5. The van der Waals surface area contributed by atoms with Gasteiger partial charge in [0, 0.05) is 12.2 Å². The van der Waals surface area contributed by atoms with Gasteiger partial charge in [0.1, 0.15) is 5.15 Å². The lowest BCUT2D eigenvalue weighted by Crippen LogP contribution is -2.23. The van der Waals surface area contributed by atoms with Gasteiger partial charge in [-0.15, -0.1) is 0 Å². The summed E-state index contributed by atoms with van der Waals surface area (Å²) in [5.74, 6) is 0. The third-order valence-corrected chi connectivity index (χ3v) is 2.69. The Hall–Kier alpha value is -0.640. The first-order chi connectivity index (χ1) is 7.59. The molecule has 1 heterocycles. The van der Waals surface area contributed by atoms with Crippen LogP contribution >= 0.6 is 11.6 Å². The Morgan fingerprint density at radius 3 is 2.88 bits per heavy atom. The Morgan fingerprint density at radius 2 is 2.25 bits per heavy atom. The molecule has 1 rings (SSSR count). The molecule has 1 atom stereocenters. The summed E-state index contributed by atoms with van der Waals surface area (Å²) in [5, 5.41) is 4.02. The fraction of sp³-hybridized carbons (Fsp3) is 0.583. The average Bonchev–Trinajstić information content (AvgIpc) is 2.24. The van der Waals surface area contributed by atoms with Crippen molar-refractivity contribution in [3.05, 3.63) is 29.0 Å². The number of nitrogens with one attached hydrogen (secondary N) is 1. The fourth-order valence-corrected chi connectivity index (χ4v) is 1.70. The van der Waals surface area contributed by atoms with E-state index in [4.69, 9.17) is 11.6 Å². The predicted molar refractivity (Wildman–Crippen MR) is 68.8 cm³/mol. The van der Waals surface area contributed by atoms with Crippen molar-refractivity contribution in [1.82, 2.24) is 15.2 Å². The number of nitrogens with zero attached hydrogens (tertiary/aromatic N) is 2. The molecule has 1 unspecified atom stereocenters. The Balaban J connectivity index is 2.32. The lowest BCUT2D eigenvalue weighted by Gasteiger charge is -2.15. The van der Waals surface area contributed by atoms with Crippen molar-refractivity contribution in [2.75, 3.05) is 27.2 Å². The number of halogens is 1. The summed E-state index contributed by atoms with van der Waals surface area (Å²) in [6.45, 7) is 4.26. The van der Waals surface area contributed by atoms with Gasteiger partial charge in [0.25, 0.3) is 0 Å². The van der Waals surface area contributed by atoms with Crippen molar-refractivity contribution < 1.29 is 0 Å². The molecule has 1 aromatic rings. The lowest BCUT2D eigenvalue weighted by atomic mass is 10.1. The molecule has 0 bridgehead atoms. The van der Waals surface area contributed by atoms with Crippen molar-refractivity contribution in [3.63, 3.8) is 0 Å². The van der Waals surface area contributed by atoms with Gasteiger partial charge in [-0.3, -0.25) is 0 Å². The number of aromatic nitrogens is 1. The molecule has 0 aliphatic heterocycles. The van der Waals surface area contributed by atoms with E-state index in [9.17, 15) is 0 Å². The number of hydrogen-bond acceptors (Lipinski definition) is 3. The van der Waals surface area contributed by atoms with E-state index in [2.05, 4.69) is 36.2 Å². The maximum Gasteiger partial charge on any atom is 0.129 e. The van der Waals surface area contributed by atoms with Crippen molar-refractivity contribution in [2.45, 2.75) is 19.4 Å².